The van der Waals surface area contributed by atoms with E-state index in [1.165, 1.54) is 24.3 Å². The number of halogens is 6. The number of carbonyl (C=O) groups is 1. The molecule has 0 spiro atoms. The van der Waals surface area contributed by atoms with Gasteiger partial charge >= 0.3 is 6.18 Å². The highest BCUT2D eigenvalue weighted by atomic mass is 79.9. The SMILES string of the molecule is N#Cc1c(C(F)(F)F)cc(-c2ccc(SC(F)F)cc2)nc1SCC(=O)c1ccc(Br)cc1. The molecular weight excluding hydrogens is 547 g/mol. The van der Waals surface area contributed by atoms with Crippen LogP contribution >= 0.6 is 39.5 Å². The summed E-state index contributed by atoms with van der Waals surface area (Å²) in [6.07, 6.45) is -4.83. The number of Topliss-reactive ketones (excluding diaryl/α,β-unsaturated/α-hetero) is 1. The van der Waals surface area contributed by atoms with Crippen LogP contribution in [0.5, 0.6) is 0 Å². The second-order valence-corrected chi connectivity index (χ2v) is 9.41. The zero-order valence-corrected chi connectivity index (χ0v) is 19.6. The summed E-state index contributed by atoms with van der Waals surface area (Å²) < 4.78 is 66.8. The number of alkyl halides is 5. The fourth-order valence-corrected chi connectivity index (χ4v) is 4.43. The molecule has 0 bridgehead atoms. The fourth-order valence-electron chi connectivity index (χ4n) is 2.77. The summed E-state index contributed by atoms with van der Waals surface area (Å²) in [6.45, 7) is 0. The largest absolute Gasteiger partial charge is 0.417 e. The molecule has 3 nitrogen and oxygen atoms in total. The fraction of sp³-hybridized carbons (Fsp3) is 0.136. The normalized spacial score (nSPS) is 11.5. The number of ketones is 1. The number of aromatic nitrogens is 1. The quantitative estimate of drug-likeness (QED) is 0.169. The van der Waals surface area contributed by atoms with E-state index in [1.54, 1.807) is 30.3 Å². The molecule has 0 fully saturated rings. The Morgan fingerprint density at radius 2 is 1.73 bits per heavy atom. The molecule has 0 atom stereocenters. The average Bonchev–Trinajstić information content (AvgIpc) is 2.76. The maximum atomic E-state index is 13.7. The lowest BCUT2D eigenvalue weighted by Crippen LogP contribution is -2.11. The lowest BCUT2D eigenvalue weighted by molar-refractivity contribution is -0.138. The number of rotatable bonds is 7. The summed E-state index contributed by atoms with van der Waals surface area (Å²) in [4.78, 5) is 16.9. The summed E-state index contributed by atoms with van der Waals surface area (Å²) in [5, 5.41) is 9.15. The van der Waals surface area contributed by atoms with Crippen molar-refractivity contribution in [3.63, 3.8) is 0 Å². The topological polar surface area (TPSA) is 53.8 Å². The number of carbonyl (C=O) groups excluding carboxylic acids is 1. The number of pyridine rings is 1. The van der Waals surface area contributed by atoms with Crippen LogP contribution in [0.25, 0.3) is 11.3 Å². The van der Waals surface area contributed by atoms with Crippen LogP contribution in [0.2, 0.25) is 0 Å². The van der Waals surface area contributed by atoms with Crippen LogP contribution in [-0.4, -0.2) is 22.3 Å². The third kappa shape index (κ3) is 6.56. The third-order valence-corrected chi connectivity index (χ3v) is 6.51. The van der Waals surface area contributed by atoms with Crippen LogP contribution < -0.4 is 0 Å². The molecule has 3 rings (SSSR count). The molecule has 0 aliphatic rings. The molecule has 0 saturated carbocycles. The Morgan fingerprint density at radius 1 is 1.09 bits per heavy atom. The van der Waals surface area contributed by atoms with Gasteiger partial charge < -0.3 is 0 Å². The highest BCUT2D eigenvalue weighted by molar-refractivity contribution is 9.10. The highest BCUT2D eigenvalue weighted by Crippen LogP contribution is 2.38. The van der Waals surface area contributed by atoms with Crippen molar-refractivity contribution in [1.29, 1.82) is 5.26 Å². The van der Waals surface area contributed by atoms with E-state index in [1.807, 2.05) is 0 Å². The van der Waals surface area contributed by atoms with Gasteiger partial charge in [-0.2, -0.15) is 27.2 Å². The van der Waals surface area contributed by atoms with Gasteiger partial charge in [-0.15, -0.1) is 0 Å². The van der Waals surface area contributed by atoms with Crippen LogP contribution in [-0.2, 0) is 6.18 Å². The number of thioether (sulfide) groups is 2. The molecule has 3 aromatic rings. The Morgan fingerprint density at radius 3 is 2.27 bits per heavy atom. The summed E-state index contributed by atoms with van der Waals surface area (Å²) in [5.41, 5.74) is -1.33. The molecule has 1 heterocycles. The second-order valence-electron chi connectivity index (χ2n) is 6.47. The van der Waals surface area contributed by atoms with Gasteiger partial charge in [-0.25, -0.2) is 4.98 Å². The molecule has 170 valence electrons. The van der Waals surface area contributed by atoms with Crippen LogP contribution in [0, 0.1) is 11.3 Å². The number of nitriles is 1. The molecule has 0 aliphatic heterocycles. The lowest BCUT2D eigenvalue weighted by atomic mass is 10.1. The van der Waals surface area contributed by atoms with E-state index in [9.17, 15) is 32.0 Å². The first-order valence-electron chi connectivity index (χ1n) is 9.07. The molecule has 2 aromatic carbocycles. The first kappa shape index (κ1) is 25.2. The first-order chi connectivity index (χ1) is 15.6. The smallest absolute Gasteiger partial charge is 0.293 e. The molecule has 0 unspecified atom stereocenters. The molecule has 0 aliphatic carbocycles. The van der Waals surface area contributed by atoms with Gasteiger partial charge in [0.15, 0.2) is 5.78 Å². The van der Waals surface area contributed by atoms with E-state index in [2.05, 4.69) is 20.9 Å². The zero-order valence-electron chi connectivity index (χ0n) is 16.4. The van der Waals surface area contributed by atoms with Crippen LogP contribution in [0.1, 0.15) is 21.5 Å². The van der Waals surface area contributed by atoms with E-state index in [4.69, 9.17) is 0 Å². The molecule has 0 radical (unpaired) electrons. The van der Waals surface area contributed by atoms with E-state index < -0.39 is 23.1 Å². The summed E-state index contributed by atoms with van der Waals surface area (Å²) in [7, 11) is 0. The Labute approximate surface area is 202 Å². The Hall–Kier alpha value is -2.42. The van der Waals surface area contributed by atoms with Crippen LogP contribution in [0.15, 0.2) is 69.0 Å². The third-order valence-electron chi connectivity index (χ3n) is 4.28. The summed E-state index contributed by atoms with van der Waals surface area (Å²) >= 11 is 4.29. The van der Waals surface area contributed by atoms with Gasteiger partial charge in [0.05, 0.1) is 22.6 Å². The average molecular weight is 559 g/mol. The van der Waals surface area contributed by atoms with Crippen molar-refractivity contribution in [1.82, 2.24) is 4.98 Å². The van der Waals surface area contributed by atoms with E-state index in [-0.39, 0.29) is 32.7 Å². The minimum absolute atomic E-state index is 0.0893. The molecule has 1 aromatic heterocycles. The predicted molar refractivity (Wildman–Crippen MR) is 120 cm³/mol. The van der Waals surface area contributed by atoms with Gasteiger partial charge in [-0.3, -0.25) is 4.79 Å². The van der Waals surface area contributed by atoms with E-state index >= 15 is 0 Å². The molecule has 0 amide bonds. The molecule has 0 saturated heterocycles. The van der Waals surface area contributed by atoms with Crippen molar-refractivity contribution in [3.05, 3.63) is 75.8 Å². The van der Waals surface area contributed by atoms with Crippen molar-refractivity contribution in [2.45, 2.75) is 21.9 Å². The van der Waals surface area contributed by atoms with E-state index in [0.29, 0.717) is 17.3 Å². The lowest BCUT2D eigenvalue weighted by Gasteiger charge is -2.14. The van der Waals surface area contributed by atoms with Gasteiger partial charge in [0.1, 0.15) is 11.1 Å². The Bertz CT molecular complexity index is 1190. The van der Waals surface area contributed by atoms with Gasteiger partial charge in [0.2, 0.25) is 0 Å². The molecule has 0 N–H and O–H groups in total. The molecule has 33 heavy (non-hydrogen) atoms. The zero-order chi connectivity index (χ0) is 24.2. The van der Waals surface area contributed by atoms with E-state index in [0.717, 1.165) is 22.3 Å². The number of hydrogen-bond donors (Lipinski definition) is 0. The van der Waals surface area contributed by atoms with Gasteiger partial charge in [-0.1, -0.05) is 63.7 Å². The molecular formula is C22H12BrF5N2OS2. The summed E-state index contributed by atoms with van der Waals surface area (Å²) in [6, 6.07) is 14.2. The monoisotopic (exact) mass is 558 g/mol. The molecule has 11 heteroatoms. The Kier molecular flexibility index (Phi) is 8.15. The second kappa shape index (κ2) is 10.7. The number of nitrogens with zero attached hydrogens (tertiary/aromatic N) is 2. The van der Waals surface area contributed by atoms with Crippen LogP contribution in [0.3, 0.4) is 0 Å². The number of hydrogen-bond acceptors (Lipinski definition) is 5. The number of benzene rings is 2. The maximum Gasteiger partial charge on any atom is 0.417 e. The Balaban J connectivity index is 1.97. The van der Waals surface area contributed by atoms with Gasteiger partial charge in [0.25, 0.3) is 5.76 Å². The van der Waals surface area contributed by atoms with Crippen molar-refractivity contribution in [2.24, 2.45) is 0 Å². The van der Waals surface area contributed by atoms with Gasteiger partial charge in [-0.05, 0) is 30.3 Å². The maximum absolute atomic E-state index is 13.7. The summed E-state index contributed by atoms with van der Waals surface area (Å²) in [5.74, 6) is -3.20. The van der Waals surface area contributed by atoms with Gasteiger partial charge in [0, 0.05) is 20.5 Å². The van der Waals surface area contributed by atoms with Crippen LogP contribution in [0.4, 0.5) is 22.0 Å². The van der Waals surface area contributed by atoms with Crippen molar-refractivity contribution in [3.8, 4) is 17.3 Å². The standard InChI is InChI=1S/C22H12BrF5N2OS2/c23-14-5-1-13(2-6-14)19(31)11-32-20-16(10-29)17(22(26,27)28)9-18(30-20)12-3-7-15(8-4-12)33-21(24)25/h1-9,21H,11H2. The van der Waals surface area contributed by atoms with Crippen molar-refractivity contribution >= 4 is 45.2 Å². The van der Waals surface area contributed by atoms with Crippen molar-refractivity contribution in [2.75, 3.05) is 5.75 Å². The highest BCUT2D eigenvalue weighted by Gasteiger charge is 2.36. The predicted octanol–water partition coefficient (Wildman–Crippen LogP) is 7.69. The minimum atomic E-state index is -4.83. The minimum Gasteiger partial charge on any atom is -0.293 e. The van der Waals surface area contributed by atoms with Crippen molar-refractivity contribution < 1.29 is 26.7 Å². The first-order valence-corrected chi connectivity index (χ1v) is 11.7.